The number of benzene rings is 2. The molecule has 0 spiro atoms. The summed E-state index contributed by atoms with van der Waals surface area (Å²) in [6.07, 6.45) is 7.15. The number of carbonyl (C=O) groups is 2. The molecule has 0 atom stereocenters. The Balaban J connectivity index is 1.47. The second kappa shape index (κ2) is 11.7. The highest BCUT2D eigenvalue weighted by atomic mass is 35.5. The Bertz CT molecular complexity index is 1660. The number of esters is 1. The van der Waals surface area contributed by atoms with E-state index in [1.165, 1.54) is 11.3 Å². The fourth-order valence-electron chi connectivity index (χ4n) is 4.90. The Kier molecular flexibility index (Phi) is 8.08. The van der Waals surface area contributed by atoms with Gasteiger partial charge >= 0.3 is 5.97 Å². The highest BCUT2D eigenvalue weighted by molar-refractivity contribution is 7.17. The number of hydrogen-bond donors (Lipinski definition) is 1. The Labute approximate surface area is 240 Å². The number of nitrogens with one attached hydrogen (secondary N) is 1. The van der Waals surface area contributed by atoms with Gasteiger partial charge in [0.25, 0.3) is 5.91 Å². The number of fused-ring (bicyclic) bond motifs is 2. The van der Waals surface area contributed by atoms with Crippen molar-refractivity contribution >= 4 is 68.4 Å². The molecule has 0 saturated heterocycles. The van der Waals surface area contributed by atoms with Gasteiger partial charge in [0.1, 0.15) is 16.6 Å². The van der Waals surface area contributed by atoms with Gasteiger partial charge in [-0.3, -0.25) is 4.79 Å². The Morgan fingerprint density at radius 2 is 1.95 bits per heavy atom. The molecule has 0 saturated carbocycles. The summed E-state index contributed by atoms with van der Waals surface area (Å²) in [5.74, 6) is -1.01. The molecule has 1 amide bonds. The average Bonchev–Trinajstić information content (AvgIpc) is 3.47. The van der Waals surface area contributed by atoms with Crippen molar-refractivity contribution in [2.24, 2.45) is 0 Å². The van der Waals surface area contributed by atoms with Crippen molar-refractivity contribution in [1.29, 1.82) is 5.26 Å². The van der Waals surface area contributed by atoms with Crippen LogP contribution in [0.2, 0.25) is 10.0 Å². The zero-order valence-electron chi connectivity index (χ0n) is 21.2. The van der Waals surface area contributed by atoms with Gasteiger partial charge in [-0.25, -0.2) is 4.79 Å². The van der Waals surface area contributed by atoms with Crippen molar-refractivity contribution in [2.75, 3.05) is 11.9 Å². The van der Waals surface area contributed by atoms with Crippen molar-refractivity contribution in [3.63, 3.8) is 0 Å². The molecule has 1 aliphatic rings. The molecule has 6 nitrogen and oxygen atoms in total. The van der Waals surface area contributed by atoms with Crippen LogP contribution in [0.4, 0.5) is 5.00 Å². The third-order valence-electron chi connectivity index (χ3n) is 6.70. The predicted octanol–water partition coefficient (Wildman–Crippen LogP) is 7.66. The summed E-state index contributed by atoms with van der Waals surface area (Å²) in [5, 5.41) is 15.1. The van der Waals surface area contributed by atoms with Crippen molar-refractivity contribution < 1.29 is 14.3 Å². The largest absolute Gasteiger partial charge is 0.462 e. The lowest BCUT2D eigenvalue weighted by Crippen LogP contribution is -2.16. The van der Waals surface area contributed by atoms with Crippen molar-refractivity contribution in [2.45, 2.75) is 39.2 Å². The SMILES string of the molecule is CCOC(=O)c1c(NC(=O)/C(C#N)=C/c2cn(Cc3ccc(Cl)c(Cl)c3)c3ccccc23)sc2c1CCCC2. The molecule has 0 unspecified atom stereocenters. The molecular weight excluding hydrogens is 553 g/mol. The number of hydrogen-bond acceptors (Lipinski definition) is 5. The second-order valence-electron chi connectivity index (χ2n) is 9.24. The van der Waals surface area contributed by atoms with Crippen molar-refractivity contribution in [1.82, 2.24) is 4.57 Å². The van der Waals surface area contributed by atoms with E-state index in [4.69, 9.17) is 27.9 Å². The monoisotopic (exact) mass is 577 g/mol. The van der Waals surface area contributed by atoms with E-state index < -0.39 is 11.9 Å². The minimum atomic E-state index is -0.567. The van der Waals surface area contributed by atoms with Crippen LogP contribution in [0.3, 0.4) is 0 Å². The van der Waals surface area contributed by atoms with E-state index in [9.17, 15) is 14.9 Å². The summed E-state index contributed by atoms with van der Waals surface area (Å²) >= 11 is 13.7. The molecule has 0 fully saturated rings. The van der Waals surface area contributed by atoms with Crippen LogP contribution in [0.1, 0.15) is 51.7 Å². The summed E-state index contributed by atoms with van der Waals surface area (Å²) in [6, 6.07) is 15.3. The molecule has 0 bridgehead atoms. The van der Waals surface area contributed by atoms with E-state index in [-0.39, 0.29) is 12.2 Å². The van der Waals surface area contributed by atoms with Crippen LogP contribution in [-0.4, -0.2) is 23.1 Å². The molecule has 0 aliphatic heterocycles. The van der Waals surface area contributed by atoms with Gasteiger partial charge in [0.05, 0.1) is 22.2 Å². The number of ether oxygens (including phenoxy) is 1. The van der Waals surface area contributed by atoms with Crippen LogP contribution < -0.4 is 5.32 Å². The van der Waals surface area contributed by atoms with E-state index in [0.29, 0.717) is 27.2 Å². The van der Waals surface area contributed by atoms with Gasteiger partial charge in [-0.05, 0) is 68.0 Å². The smallest absolute Gasteiger partial charge is 0.341 e. The van der Waals surface area contributed by atoms with E-state index >= 15 is 0 Å². The van der Waals surface area contributed by atoms with E-state index in [1.54, 1.807) is 19.1 Å². The minimum absolute atomic E-state index is 0.0615. The molecule has 0 radical (unpaired) electrons. The summed E-state index contributed by atoms with van der Waals surface area (Å²) in [7, 11) is 0. The van der Waals surface area contributed by atoms with Crippen molar-refractivity contribution in [3.8, 4) is 6.07 Å². The number of carbonyl (C=O) groups excluding carboxylic acids is 2. The number of amides is 1. The van der Waals surface area contributed by atoms with Crippen LogP contribution in [0, 0.1) is 11.3 Å². The number of aromatic nitrogens is 1. The normalized spacial score (nSPS) is 13.1. The number of aryl methyl sites for hydroxylation is 1. The van der Waals surface area contributed by atoms with Gasteiger partial charge in [0, 0.05) is 34.1 Å². The van der Waals surface area contributed by atoms with E-state index in [0.717, 1.165) is 58.2 Å². The first-order chi connectivity index (χ1) is 18.9. The minimum Gasteiger partial charge on any atom is -0.462 e. The topological polar surface area (TPSA) is 84.1 Å². The highest BCUT2D eigenvalue weighted by Crippen LogP contribution is 2.39. The zero-order valence-corrected chi connectivity index (χ0v) is 23.6. The molecule has 4 aromatic rings. The number of para-hydroxylation sites is 1. The summed E-state index contributed by atoms with van der Waals surface area (Å²) < 4.78 is 7.33. The van der Waals surface area contributed by atoms with Gasteiger partial charge < -0.3 is 14.6 Å². The Morgan fingerprint density at radius 3 is 2.72 bits per heavy atom. The zero-order chi connectivity index (χ0) is 27.5. The second-order valence-corrected chi connectivity index (χ2v) is 11.2. The quantitative estimate of drug-likeness (QED) is 0.139. The van der Waals surface area contributed by atoms with Crippen LogP contribution in [0.5, 0.6) is 0 Å². The Morgan fingerprint density at radius 1 is 1.15 bits per heavy atom. The van der Waals surface area contributed by atoms with Gasteiger partial charge in [-0.15, -0.1) is 11.3 Å². The lowest BCUT2D eigenvalue weighted by Gasteiger charge is -2.12. The van der Waals surface area contributed by atoms with Crippen molar-refractivity contribution in [3.05, 3.63) is 91.4 Å². The first-order valence-corrected chi connectivity index (χ1v) is 14.2. The molecule has 9 heteroatoms. The predicted molar refractivity (Wildman–Crippen MR) is 157 cm³/mol. The number of anilines is 1. The lowest BCUT2D eigenvalue weighted by molar-refractivity contribution is -0.112. The van der Waals surface area contributed by atoms with Gasteiger partial charge in [0.2, 0.25) is 0 Å². The standard InChI is InChI=1S/C30H25Cl2N3O3S/c1-2-38-30(37)27-22-8-4-6-10-26(22)39-29(27)34-28(36)19(15-33)14-20-17-35(25-9-5-3-7-21(20)25)16-18-11-12-23(31)24(32)13-18/h3,5,7,9,11-14,17H,2,4,6,8,10,16H2,1H3,(H,34,36)/b19-14+. The number of halogens is 2. The number of thiophene rings is 1. The first kappa shape index (κ1) is 27.0. The van der Waals surface area contributed by atoms with E-state index in [1.807, 2.05) is 53.2 Å². The summed E-state index contributed by atoms with van der Waals surface area (Å²) in [4.78, 5) is 27.2. The van der Waals surface area contributed by atoms with Crippen LogP contribution in [0.15, 0.2) is 54.2 Å². The van der Waals surface area contributed by atoms with Crippen LogP contribution in [0.25, 0.3) is 17.0 Å². The fraction of sp³-hybridized carbons (Fsp3) is 0.233. The van der Waals surface area contributed by atoms with E-state index in [2.05, 4.69) is 5.32 Å². The molecule has 2 aromatic heterocycles. The third kappa shape index (κ3) is 5.60. The maximum Gasteiger partial charge on any atom is 0.341 e. The van der Waals surface area contributed by atoms with Crippen LogP contribution >= 0.6 is 34.5 Å². The molecule has 2 aromatic carbocycles. The summed E-state index contributed by atoms with van der Waals surface area (Å²) in [6.45, 7) is 2.53. The molecule has 198 valence electrons. The fourth-order valence-corrected chi connectivity index (χ4v) is 6.50. The summed E-state index contributed by atoms with van der Waals surface area (Å²) in [5.41, 5.74) is 3.95. The Hall–Kier alpha value is -3.57. The molecule has 39 heavy (non-hydrogen) atoms. The molecule has 2 heterocycles. The molecule has 1 aliphatic carbocycles. The number of rotatable bonds is 7. The maximum absolute atomic E-state index is 13.3. The molecule has 1 N–H and O–H groups in total. The van der Waals surface area contributed by atoms with Gasteiger partial charge in [0.15, 0.2) is 0 Å². The van der Waals surface area contributed by atoms with Gasteiger partial charge in [-0.2, -0.15) is 5.26 Å². The lowest BCUT2D eigenvalue weighted by atomic mass is 9.95. The van der Waals surface area contributed by atoms with Crippen LogP contribution in [-0.2, 0) is 28.9 Å². The highest BCUT2D eigenvalue weighted by Gasteiger charge is 2.28. The number of nitrogens with zero attached hydrogens (tertiary/aromatic N) is 2. The molecular formula is C30H25Cl2N3O3S. The van der Waals surface area contributed by atoms with Gasteiger partial charge in [-0.1, -0.05) is 47.5 Å². The molecule has 5 rings (SSSR count). The number of nitriles is 1. The maximum atomic E-state index is 13.3. The third-order valence-corrected chi connectivity index (χ3v) is 8.65. The first-order valence-electron chi connectivity index (χ1n) is 12.7. The average molecular weight is 579 g/mol.